The van der Waals surface area contributed by atoms with Crippen LogP contribution in [0.25, 0.3) is 11.4 Å². The van der Waals surface area contributed by atoms with E-state index in [0.717, 1.165) is 17.7 Å². The summed E-state index contributed by atoms with van der Waals surface area (Å²) in [5.74, 6) is 6.64. The molecule has 0 saturated carbocycles. The van der Waals surface area contributed by atoms with Crippen molar-refractivity contribution in [3.63, 3.8) is 0 Å². The normalized spacial score (nSPS) is 10.3. The Hall–Kier alpha value is -1.65. The van der Waals surface area contributed by atoms with Crippen molar-refractivity contribution < 1.29 is 0 Å². The summed E-state index contributed by atoms with van der Waals surface area (Å²) in [5, 5.41) is 0.692. The van der Waals surface area contributed by atoms with Crippen molar-refractivity contribution in [1.29, 1.82) is 0 Å². The van der Waals surface area contributed by atoms with Crippen LogP contribution in [0.5, 0.6) is 0 Å². The number of anilines is 1. The Labute approximate surface area is 105 Å². The molecule has 3 N–H and O–H groups in total. The van der Waals surface area contributed by atoms with Crippen LogP contribution >= 0.6 is 11.6 Å². The maximum atomic E-state index is 5.84. The van der Waals surface area contributed by atoms with Crippen LogP contribution in [0.1, 0.15) is 12.6 Å². The zero-order valence-electron chi connectivity index (χ0n) is 9.44. The number of aryl methyl sites for hydroxylation is 1. The van der Waals surface area contributed by atoms with Crippen molar-refractivity contribution in [3.05, 3.63) is 41.0 Å². The topological polar surface area (TPSA) is 63.8 Å². The van der Waals surface area contributed by atoms with Crippen molar-refractivity contribution in [2.75, 3.05) is 5.43 Å². The van der Waals surface area contributed by atoms with Gasteiger partial charge in [-0.3, -0.25) is 0 Å². The van der Waals surface area contributed by atoms with E-state index in [-0.39, 0.29) is 0 Å². The van der Waals surface area contributed by atoms with E-state index in [4.69, 9.17) is 17.4 Å². The number of benzene rings is 1. The summed E-state index contributed by atoms with van der Waals surface area (Å²) >= 11 is 5.84. The number of hydrogen-bond donors (Lipinski definition) is 2. The van der Waals surface area contributed by atoms with Crippen LogP contribution in [0.2, 0.25) is 5.02 Å². The third-order valence-electron chi connectivity index (χ3n) is 2.39. The van der Waals surface area contributed by atoms with E-state index < -0.39 is 0 Å². The molecule has 0 saturated heterocycles. The Morgan fingerprint density at radius 2 is 1.94 bits per heavy atom. The summed E-state index contributed by atoms with van der Waals surface area (Å²) in [6, 6.07) is 9.23. The highest BCUT2D eigenvalue weighted by Gasteiger charge is 2.05. The Kier molecular flexibility index (Phi) is 3.56. The van der Waals surface area contributed by atoms with Crippen LogP contribution in [0.3, 0.4) is 0 Å². The highest BCUT2D eigenvalue weighted by Crippen LogP contribution is 2.20. The van der Waals surface area contributed by atoms with Gasteiger partial charge < -0.3 is 5.43 Å². The van der Waals surface area contributed by atoms with Gasteiger partial charge in [-0.1, -0.05) is 18.5 Å². The average Bonchev–Trinajstić information content (AvgIpc) is 2.39. The zero-order chi connectivity index (χ0) is 12.3. The molecule has 2 rings (SSSR count). The second-order valence-electron chi connectivity index (χ2n) is 3.57. The molecule has 0 atom stereocenters. The maximum absolute atomic E-state index is 5.84. The van der Waals surface area contributed by atoms with E-state index in [0.29, 0.717) is 16.7 Å². The van der Waals surface area contributed by atoms with Gasteiger partial charge in [-0.15, -0.1) is 0 Å². The predicted octanol–water partition coefficient (Wildman–Crippen LogP) is 2.65. The van der Waals surface area contributed by atoms with Gasteiger partial charge in [0.25, 0.3) is 0 Å². The van der Waals surface area contributed by atoms with Crippen LogP contribution in [-0.2, 0) is 6.42 Å². The molecule has 0 fully saturated rings. The number of nitrogens with one attached hydrogen (secondary N) is 1. The second kappa shape index (κ2) is 5.12. The first-order valence-electron chi connectivity index (χ1n) is 5.33. The summed E-state index contributed by atoms with van der Waals surface area (Å²) in [4.78, 5) is 8.76. The fourth-order valence-corrected chi connectivity index (χ4v) is 1.61. The van der Waals surface area contributed by atoms with E-state index >= 15 is 0 Å². The molecular weight excluding hydrogens is 236 g/mol. The summed E-state index contributed by atoms with van der Waals surface area (Å²) in [7, 11) is 0. The second-order valence-corrected chi connectivity index (χ2v) is 4.01. The minimum atomic E-state index is 0.613. The molecule has 1 heterocycles. The first-order chi connectivity index (χ1) is 8.22. The van der Waals surface area contributed by atoms with Crippen molar-refractivity contribution in [2.45, 2.75) is 13.3 Å². The number of nitrogens with zero attached hydrogens (tertiary/aromatic N) is 2. The molecular formula is C12H13ClN4. The van der Waals surface area contributed by atoms with Crippen molar-refractivity contribution >= 4 is 17.4 Å². The Bertz CT molecular complexity index is 488. The van der Waals surface area contributed by atoms with Gasteiger partial charge in [0.15, 0.2) is 5.82 Å². The van der Waals surface area contributed by atoms with Gasteiger partial charge >= 0.3 is 0 Å². The monoisotopic (exact) mass is 248 g/mol. The minimum absolute atomic E-state index is 0.613. The van der Waals surface area contributed by atoms with E-state index in [1.807, 2.05) is 37.3 Å². The smallest absolute Gasteiger partial charge is 0.161 e. The first kappa shape index (κ1) is 11.8. The Morgan fingerprint density at radius 1 is 1.24 bits per heavy atom. The molecule has 0 spiro atoms. The van der Waals surface area contributed by atoms with Gasteiger partial charge in [0, 0.05) is 22.3 Å². The Morgan fingerprint density at radius 3 is 2.53 bits per heavy atom. The maximum Gasteiger partial charge on any atom is 0.161 e. The Balaban J connectivity index is 2.46. The lowest BCUT2D eigenvalue weighted by Gasteiger charge is -2.06. The molecule has 0 bridgehead atoms. The van der Waals surface area contributed by atoms with Gasteiger partial charge in [0.2, 0.25) is 0 Å². The summed E-state index contributed by atoms with van der Waals surface area (Å²) < 4.78 is 0. The summed E-state index contributed by atoms with van der Waals surface area (Å²) in [5.41, 5.74) is 4.41. The van der Waals surface area contributed by atoms with Crippen molar-refractivity contribution in [2.24, 2.45) is 5.84 Å². The molecule has 17 heavy (non-hydrogen) atoms. The lowest BCUT2D eigenvalue weighted by atomic mass is 10.2. The fourth-order valence-electron chi connectivity index (χ4n) is 1.48. The van der Waals surface area contributed by atoms with Gasteiger partial charge in [-0.25, -0.2) is 15.8 Å². The van der Waals surface area contributed by atoms with Crippen LogP contribution < -0.4 is 11.3 Å². The standard InChI is InChI=1S/C12H13ClN4/c1-2-10-7-11(17-14)16-12(15-10)8-3-5-9(13)6-4-8/h3-7H,2,14H2,1H3,(H,15,16,17). The number of rotatable bonds is 3. The molecule has 1 aromatic heterocycles. The zero-order valence-corrected chi connectivity index (χ0v) is 10.2. The molecule has 0 aliphatic heterocycles. The number of nitrogens with two attached hydrogens (primary N) is 1. The third kappa shape index (κ3) is 2.72. The lowest BCUT2D eigenvalue weighted by molar-refractivity contribution is 1.00. The highest BCUT2D eigenvalue weighted by molar-refractivity contribution is 6.30. The molecule has 0 unspecified atom stereocenters. The van der Waals surface area contributed by atoms with Gasteiger partial charge in [0.1, 0.15) is 5.82 Å². The third-order valence-corrected chi connectivity index (χ3v) is 2.64. The van der Waals surface area contributed by atoms with Gasteiger partial charge in [0.05, 0.1) is 0 Å². The molecule has 4 nitrogen and oxygen atoms in total. The molecule has 1 aromatic carbocycles. The number of nitrogen functional groups attached to an aromatic ring is 1. The molecule has 0 aliphatic carbocycles. The van der Waals surface area contributed by atoms with Gasteiger partial charge in [-0.2, -0.15) is 0 Å². The van der Waals surface area contributed by atoms with Crippen molar-refractivity contribution in [3.8, 4) is 11.4 Å². The molecule has 0 amide bonds. The van der Waals surface area contributed by atoms with Crippen LogP contribution in [0.4, 0.5) is 5.82 Å². The van der Waals surface area contributed by atoms with Crippen LogP contribution in [0.15, 0.2) is 30.3 Å². The van der Waals surface area contributed by atoms with Crippen molar-refractivity contribution in [1.82, 2.24) is 9.97 Å². The summed E-state index contributed by atoms with van der Waals surface area (Å²) in [6.07, 6.45) is 0.831. The molecule has 5 heteroatoms. The van der Waals surface area contributed by atoms with E-state index in [1.54, 1.807) is 0 Å². The van der Waals surface area contributed by atoms with Crippen LogP contribution in [0, 0.1) is 0 Å². The number of hydrazine groups is 1. The number of hydrogen-bond acceptors (Lipinski definition) is 4. The van der Waals surface area contributed by atoms with E-state index in [9.17, 15) is 0 Å². The average molecular weight is 249 g/mol. The predicted molar refractivity (Wildman–Crippen MR) is 69.7 cm³/mol. The SMILES string of the molecule is CCc1cc(NN)nc(-c2ccc(Cl)cc2)n1. The molecule has 2 aromatic rings. The fraction of sp³-hybridized carbons (Fsp3) is 0.167. The van der Waals surface area contributed by atoms with E-state index in [2.05, 4.69) is 15.4 Å². The highest BCUT2D eigenvalue weighted by atomic mass is 35.5. The van der Waals surface area contributed by atoms with Crippen LogP contribution in [-0.4, -0.2) is 9.97 Å². The largest absolute Gasteiger partial charge is 0.308 e. The number of aromatic nitrogens is 2. The lowest BCUT2D eigenvalue weighted by Crippen LogP contribution is -2.10. The number of halogens is 1. The first-order valence-corrected chi connectivity index (χ1v) is 5.71. The minimum Gasteiger partial charge on any atom is -0.308 e. The molecule has 88 valence electrons. The molecule has 0 aliphatic rings. The van der Waals surface area contributed by atoms with Gasteiger partial charge in [-0.05, 0) is 30.7 Å². The quantitative estimate of drug-likeness (QED) is 0.648. The van der Waals surface area contributed by atoms with E-state index in [1.165, 1.54) is 0 Å². The summed E-state index contributed by atoms with van der Waals surface area (Å²) in [6.45, 7) is 2.04. The molecule has 0 radical (unpaired) electrons.